The number of nitrogens with one attached hydrogen (secondary N) is 1. The van der Waals surface area contributed by atoms with Crippen LogP contribution in [0.15, 0.2) is 48.5 Å². The highest BCUT2D eigenvalue weighted by Crippen LogP contribution is 2.24. The van der Waals surface area contributed by atoms with Crippen molar-refractivity contribution >= 4 is 0 Å². The highest BCUT2D eigenvalue weighted by atomic mass is 16.5. The molecule has 0 saturated heterocycles. The van der Waals surface area contributed by atoms with Crippen molar-refractivity contribution in [3.63, 3.8) is 0 Å². The summed E-state index contributed by atoms with van der Waals surface area (Å²) in [6.07, 6.45) is -0.844. The molecule has 0 fully saturated rings. The number of aliphatic hydroxyl groups is 2. The molecule has 0 spiro atoms. The van der Waals surface area contributed by atoms with E-state index in [2.05, 4.69) is 0 Å². The van der Waals surface area contributed by atoms with Crippen molar-refractivity contribution in [1.82, 2.24) is 5.48 Å². The number of benzene rings is 2. The molecule has 0 saturated carbocycles. The summed E-state index contributed by atoms with van der Waals surface area (Å²) < 4.78 is 5.70. The van der Waals surface area contributed by atoms with Crippen LogP contribution in [0.3, 0.4) is 0 Å². The number of rotatable bonds is 7. The van der Waals surface area contributed by atoms with E-state index in [0.717, 1.165) is 5.56 Å². The molecule has 21 heavy (non-hydrogen) atoms. The maximum atomic E-state index is 9.79. The van der Waals surface area contributed by atoms with Gasteiger partial charge in [0.25, 0.3) is 0 Å². The van der Waals surface area contributed by atoms with Gasteiger partial charge in [0, 0.05) is 5.56 Å². The second kappa shape index (κ2) is 7.75. The van der Waals surface area contributed by atoms with Crippen LogP contribution in [0.2, 0.25) is 0 Å². The van der Waals surface area contributed by atoms with Crippen molar-refractivity contribution in [1.29, 1.82) is 0 Å². The van der Waals surface area contributed by atoms with Crippen LogP contribution in [-0.2, 0) is 13.2 Å². The molecule has 0 radical (unpaired) electrons. The Balaban J connectivity index is 2.09. The van der Waals surface area contributed by atoms with Crippen LogP contribution < -0.4 is 10.2 Å². The lowest BCUT2D eigenvalue weighted by Gasteiger charge is -2.14. The minimum Gasteiger partial charge on any atom is -0.489 e. The Labute approximate surface area is 123 Å². The first-order chi connectivity index (χ1) is 10.2. The number of aliphatic hydroxyl groups excluding tert-OH is 2. The van der Waals surface area contributed by atoms with Crippen molar-refractivity contribution in [2.75, 3.05) is 6.54 Å². The van der Waals surface area contributed by atoms with Gasteiger partial charge in [0.1, 0.15) is 12.4 Å². The van der Waals surface area contributed by atoms with E-state index in [1.54, 1.807) is 18.2 Å². The molecule has 0 aliphatic carbocycles. The summed E-state index contributed by atoms with van der Waals surface area (Å²) in [5, 5.41) is 27.8. The third kappa shape index (κ3) is 4.27. The second-order valence-electron chi connectivity index (χ2n) is 4.68. The molecule has 0 aliphatic rings. The van der Waals surface area contributed by atoms with E-state index >= 15 is 0 Å². The van der Waals surface area contributed by atoms with Gasteiger partial charge in [-0.25, -0.2) is 5.48 Å². The molecule has 0 amide bonds. The minimum atomic E-state index is -0.844. The van der Waals surface area contributed by atoms with E-state index in [1.165, 1.54) is 0 Å². The van der Waals surface area contributed by atoms with E-state index in [9.17, 15) is 10.2 Å². The zero-order valence-electron chi connectivity index (χ0n) is 11.6. The lowest BCUT2D eigenvalue weighted by atomic mass is 10.1. The zero-order valence-corrected chi connectivity index (χ0v) is 11.6. The van der Waals surface area contributed by atoms with E-state index < -0.39 is 6.10 Å². The van der Waals surface area contributed by atoms with Gasteiger partial charge in [-0.05, 0) is 23.3 Å². The summed E-state index contributed by atoms with van der Waals surface area (Å²) in [5.41, 5.74) is 4.16. The van der Waals surface area contributed by atoms with Crippen molar-refractivity contribution in [3.8, 4) is 5.75 Å². The van der Waals surface area contributed by atoms with Crippen LogP contribution in [0.1, 0.15) is 22.8 Å². The fourth-order valence-corrected chi connectivity index (χ4v) is 2.01. The molecule has 0 heterocycles. The highest BCUT2D eigenvalue weighted by Gasteiger charge is 2.11. The van der Waals surface area contributed by atoms with Gasteiger partial charge in [-0.1, -0.05) is 36.4 Å². The van der Waals surface area contributed by atoms with Crippen LogP contribution in [0.5, 0.6) is 5.75 Å². The van der Waals surface area contributed by atoms with Gasteiger partial charge in [-0.15, -0.1) is 0 Å². The van der Waals surface area contributed by atoms with Gasteiger partial charge in [0.05, 0.1) is 19.3 Å². The third-order valence-electron chi connectivity index (χ3n) is 3.16. The Bertz CT molecular complexity index is 559. The van der Waals surface area contributed by atoms with Crippen molar-refractivity contribution < 1.29 is 20.2 Å². The third-order valence-corrected chi connectivity index (χ3v) is 3.16. The lowest BCUT2D eigenvalue weighted by Crippen LogP contribution is -2.17. The van der Waals surface area contributed by atoms with Crippen molar-refractivity contribution in [2.24, 2.45) is 0 Å². The maximum Gasteiger partial charge on any atom is 0.125 e. The monoisotopic (exact) mass is 289 g/mol. The summed E-state index contributed by atoms with van der Waals surface area (Å²) >= 11 is 0. The van der Waals surface area contributed by atoms with E-state index in [4.69, 9.17) is 9.94 Å². The van der Waals surface area contributed by atoms with E-state index in [0.29, 0.717) is 23.5 Å². The van der Waals surface area contributed by atoms with Crippen LogP contribution in [0, 0.1) is 0 Å². The fraction of sp³-hybridized carbons (Fsp3) is 0.250. The summed E-state index contributed by atoms with van der Waals surface area (Å²) in [7, 11) is 0. The van der Waals surface area contributed by atoms with Crippen LogP contribution in [-0.4, -0.2) is 22.0 Å². The Morgan fingerprint density at radius 3 is 2.52 bits per heavy atom. The summed E-state index contributed by atoms with van der Waals surface area (Å²) in [6, 6.07) is 14.8. The molecule has 2 rings (SSSR count). The van der Waals surface area contributed by atoms with E-state index in [-0.39, 0.29) is 13.2 Å². The average molecular weight is 289 g/mol. The molecular weight excluding hydrogens is 270 g/mol. The smallest absolute Gasteiger partial charge is 0.125 e. The number of hydrogen-bond donors (Lipinski definition) is 4. The first-order valence-corrected chi connectivity index (χ1v) is 6.70. The molecule has 0 aromatic heterocycles. The van der Waals surface area contributed by atoms with Gasteiger partial charge in [-0.3, -0.25) is 0 Å². The Kier molecular flexibility index (Phi) is 5.71. The standard InChI is InChI=1S/C16H19NO4/c18-10-14-8-13(15(19)9-17-20)6-7-16(14)21-11-12-4-2-1-3-5-12/h1-8,15,17-20H,9-11H2/t15-/m1/s1. The topological polar surface area (TPSA) is 82.0 Å². The molecule has 2 aromatic carbocycles. The highest BCUT2D eigenvalue weighted by molar-refractivity contribution is 5.38. The summed E-state index contributed by atoms with van der Waals surface area (Å²) in [5.74, 6) is 0.578. The largest absolute Gasteiger partial charge is 0.489 e. The lowest BCUT2D eigenvalue weighted by molar-refractivity contribution is 0.0920. The average Bonchev–Trinajstić information content (AvgIpc) is 2.54. The number of ether oxygens (including phenoxy) is 1. The molecule has 2 aromatic rings. The van der Waals surface area contributed by atoms with Crippen LogP contribution >= 0.6 is 0 Å². The molecule has 5 heteroatoms. The zero-order chi connectivity index (χ0) is 15.1. The van der Waals surface area contributed by atoms with E-state index in [1.807, 2.05) is 35.8 Å². The molecule has 4 N–H and O–H groups in total. The van der Waals surface area contributed by atoms with Crippen LogP contribution in [0.25, 0.3) is 0 Å². The first-order valence-electron chi connectivity index (χ1n) is 6.70. The van der Waals surface area contributed by atoms with Crippen molar-refractivity contribution in [2.45, 2.75) is 19.3 Å². The molecule has 1 atom stereocenters. The van der Waals surface area contributed by atoms with Gasteiger partial charge in [-0.2, -0.15) is 0 Å². The Morgan fingerprint density at radius 1 is 1.10 bits per heavy atom. The number of hydroxylamine groups is 1. The number of hydrogen-bond acceptors (Lipinski definition) is 5. The molecule has 0 unspecified atom stereocenters. The summed E-state index contributed by atoms with van der Waals surface area (Å²) in [6.45, 7) is 0.250. The molecular formula is C16H19NO4. The second-order valence-corrected chi connectivity index (χ2v) is 4.68. The molecule has 5 nitrogen and oxygen atoms in total. The van der Waals surface area contributed by atoms with Gasteiger partial charge >= 0.3 is 0 Å². The van der Waals surface area contributed by atoms with Gasteiger partial charge < -0.3 is 20.2 Å². The normalized spacial score (nSPS) is 12.1. The Morgan fingerprint density at radius 2 is 1.86 bits per heavy atom. The van der Waals surface area contributed by atoms with Gasteiger partial charge in [0.15, 0.2) is 0 Å². The fourth-order valence-electron chi connectivity index (χ4n) is 2.01. The van der Waals surface area contributed by atoms with Crippen LogP contribution in [0.4, 0.5) is 0 Å². The first kappa shape index (κ1) is 15.5. The summed E-state index contributed by atoms with van der Waals surface area (Å²) in [4.78, 5) is 0. The Hall–Kier alpha value is -1.92. The molecule has 0 aliphatic heterocycles. The predicted octanol–water partition coefficient (Wildman–Crippen LogP) is 1.77. The van der Waals surface area contributed by atoms with Crippen molar-refractivity contribution in [3.05, 3.63) is 65.2 Å². The minimum absolute atomic E-state index is 0.0229. The molecule has 0 bridgehead atoms. The van der Waals surface area contributed by atoms with Gasteiger partial charge in [0.2, 0.25) is 0 Å². The predicted molar refractivity (Wildman–Crippen MR) is 77.9 cm³/mol. The maximum absolute atomic E-state index is 9.79. The molecule has 112 valence electrons. The SMILES string of the molecule is OCc1cc([C@H](O)CNO)ccc1OCc1ccccc1. The quantitative estimate of drug-likeness (QED) is 0.584.